The summed E-state index contributed by atoms with van der Waals surface area (Å²) in [5.74, 6) is 0.690. The van der Waals surface area contributed by atoms with Crippen LogP contribution in [0.15, 0.2) is 47.5 Å². The zero-order chi connectivity index (χ0) is 28.6. The molecule has 0 radical (unpaired) electrons. The number of pyridine rings is 1. The molecule has 4 heterocycles. The number of carbonyl (C=O) groups is 1. The van der Waals surface area contributed by atoms with Crippen LogP contribution in [0.3, 0.4) is 0 Å². The predicted octanol–water partition coefficient (Wildman–Crippen LogP) is 5.33. The molecule has 0 saturated carbocycles. The first-order valence-electron chi connectivity index (χ1n) is 14.1. The normalized spacial score (nSPS) is 14.1. The Morgan fingerprint density at radius 1 is 1.10 bits per heavy atom. The second-order valence-electron chi connectivity index (χ2n) is 12.1. The van der Waals surface area contributed by atoms with E-state index in [1.165, 1.54) is 11.1 Å². The van der Waals surface area contributed by atoms with Crippen molar-refractivity contribution < 1.29 is 4.79 Å². The molecule has 5 rings (SSSR count). The van der Waals surface area contributed by atoms with Crippen LogP contribution in [0.25, 0.3) is 16.7 Å². The van der Waals surface area contributed by atoms with E-state index in [0.29, 0.717) is 23.4 Å². The third-order valence-corrected chi connectivity index (χ3v) is 7.43. The van der Waals surface area contributed by atoms with Gasteiger partial charge in [0, 0.05) is 54.7 Å². The maximum atomic E-state index is 13.4. The summed E-state index contributed by atoms with van der Waals surface area (Å²) >= 11 is 0. The van der Waals surface area contributed by atoms with Crippen molar-refractivity contribution in [2.24, 2.45) is 0 Å². The summed E-state index contributed by atoms with van der Waals surface area (Å²) < 4.78 is 3.62. The number of hydrogen-bond acceptors (Lipinski definition) is 7. The van der Waals surface area contributed by atoms with Crippen molar-refractivity contribution >= 4 is 28.5 Å². The molecule has 0 atom stereocenters. The fourth-order valence-electron chi connectivity index (χ4n) is 5.30. The fraction of sp³-hybridized carbons (Fsp3) is 0.452. The lowest BCUT2D eigenvalue weighted by Crippen LogP contribution is -2.31. The molecule has 1 aromatic carbocycles. The van der Waals surface area contributed by atoms with Crippen molar-refractivity contribution in [3.05, 3.63) is 69.9 Å². The van der Waals surface area contributed by atoms with Gasteiger partial charge >= 0.3 is 0 Å². The number of nitrogens with one attached hydrogen (secondary N) is 1. The van der Waals surface area contributed by atoms with Crippen LogP contribution in [0.4, 0.5) is 11.6 Å². The van der Waals surface area contributed by atoms with Crippen LogP contribution < -0.4 is 10.9 Å². The molecular weight excluding hydrogens is 502 g/mol. The van der Waals surface area contributed by atoms with Gasteiger partial charge in [0.05, 0.1) is 5.69 Å². The van der Waals surface area contributed by atoms with Gasteiger partial charge in [0.1, 0.15) is 11.2 Å². The van der Waals surface area contributed by atoms with Crippen molar-refractivity contribution in [1.29, 1.82) is 0 Å². The number of fused-ring (bicyclic) bond motifs is 2. The molecule has 3 aromatic heterocycles. The van der Waals surface area contributed by atoms with Crippen molar-refractivity contribution in [3.8, 4) is 5.69 Å². The predicted molar refractivity (Wildman–Crippen MR) is 159 cm³/mol. The van der Waals surface area contributed by atoms with E-state index in [0.717, 1.165) is 49.5 Å². The standard InChI is InChI=1S/C31H39N7O2/c1-20(2)37-29(40)26-18-33-30(35-28(26)38(37)25-11-13-32-27(17-25)31(4,5)6)34-24-10-9-23-19-36(14-7-8-21(3)39)15-12-22(23)16-24/h9-11,13,16-18,20H,7-8,12,14-15,19H2,1-6H3,(H,33,34,35). The molecule has 0 unspecified atom stereocenters. The SMILES string of the molecule is CC(=O)CCCN1CCc2cc(Nc3ncc4c(=O)n(C(C)C)n(-c5ccnc(C(C)(C)C)c5)c4n3)ccc2C1. The summed E-state index contributed by atoms with van der Waals surface area (Å²) in [6, 6.07) is 10.2. The van der Waals surface area contributed by atoms with Crippen molar-refractivity contribution in [3.63, 3.8) is 0 Å². The van der Waals surface area contributed by atoms with E-state index in [1.807, 2.05) is 30.7 Å². The van der Waals surface area contributed by atoms with E-state index in [1.54, 1.807) is 24.0 Å². The van der Waals surface area contributed by atoms with Gasteiger partial charge < -0.3 is 10.1 Å². The summed E-state index contributed by atoms with van der Waals surface area (Å²) in [6.45, 7) is 14.8. The van der Waals surface area contributed by atoms with Crippen LogP contribution >= 0.6 is 0 Å². The smallest absolute Gasteiger partial charge is 0.278 e. The van der Waals surface area contributed by atoms with Crippen LogP contribution in [-0.2, 0) is 23.2 Å². The van der Waals surface area contributed by atoms with Crippen LogP contribution in [-0.4, -0.2) is 48.1 Å². The van der Waals surface area contributed by atoms with Gasteiger partial charge in [-0.1, -0.05) is 26.8 Å². The number of Topliss-reactive ketones (excluding diaryl/α,β-unsaturated/α-hetero) is 1. The molecule has 0 aliphatic carbocycles. The Hall–Kier alpha value is -3.85. The lowest BCUT2D eigenvalue weighted by molar-refractivity contribution is -0.117. The number of carbonyl (C=O) groups excluding carboxylic acids is 1. The summed E-state index contributed by atoms with van der Waals surface area (Å²) in [5.41, 5.74) is 5.62. The first-order chi connectivity index (χ1) is 19.0. The maximum absolute atomic E-state index is 13.4. The van der Waals surface area contributed by atoms with E-state index in [-0.39, 0.29) is 22.8 Å². The highest BCUT2D eigenvalue weighted by Crippen LogP contribution is 2.27. The third kappa shape index (κ3) is 5.70. The molecule has 9 heteroatoms. The molecule has 0 fully saturated rings. The Kier molecular flexibility index (Phi) is 7.59. The van der Waals surface area contributed by atoms with Gasteiger partial charge in [-0.05, 0) is 75.5 Å². The number of hydrogen-bond donors (Lipinski definition) is 1. The Labute approximate surface area is 235 Å². The van der Waals surface area contributed by atoms with Gasteiger partial charge in [0.2, 0.25) is 5.95 Å². The maximum Gasteiger partial charge on any atom is 0.278 e. The average Bonchev–Trinajstić information content (AvgIpc) is 3.20. The van der Waals surface area contributed by atoms with E-state index >= 15 is 0 Å². The molecule has 0 amide bonds. The number of rotatable bonds is 8. The van der Waals surface area contributed by atoms with Crippen LogP contribution in [0.2, 0.25) is 0 Å². The van der Waals surface area contributed by atoms with E-state index in [2.05, 4.69) is 59.2 Å². The summed E-state index contributed by atoms with van der Waals surface area (Å²) in [4.78, 5) is 41.0. The number of nitrogens with zero attached hydrogens (tertiary/aromatic N) is 6. The quantitative estimate of drug-likeness (QED) is 0.322. The molecule has 9 nitrogen and oxygen atoms in total. The van der Waals surface area contributed by atoms with Crippen molar-refractivity contribution in [1.82, 2.24) is 29.2 Å². The minimum absolute atomic E-state index is 0.0768. The van der Waals surface area contributed by atoms with Gasteiger partial charge in [0.15, 0.2) is 5.65 Å². The summed E-state index contributed by atoms with van der Waals surface area (Å²) in [7, 11) is 0. The Balaban J connectivity index is 1.45. The van der Waals surface area contributed by atoms with Gasteiger partial charge in [-0.15, -0.1) is 0 Å². The number of aromatic nitrogens is 5. The molecule has 1 N–H and O–H groups in total. The monoisotopic (exact) mass is 541 g/mol. The third-order valence-electron chi connectivity index (χ3n) is 7.43. The second kappa shape index (κ2) is 11.0. The number of benzene rings is 1. The van der Waals surface area contributed by atoms with Gasteiger partial charge in [0.25, 0.3) is 5.56 Å². The van der Waals surface area contributed by atoms with Crippen LogP contribution in [0.1, 0.15) is 77.2 Å². The number of anilines is 2. The average molecular weight is 542 g/mol. The summed E-state index contributed by atoms with van der Waals surface area (Å²) in [6.07, 6.45) is 5.91. The molecule has 0 spiro atoms. The van der Waals surface area contributed by atoms with E-state index in [9.17, 15) is 9.59 Å². The molecule has 0 bridgehead atoms. The van der Waals surface area contributed by atoms with E-state index in [4.69, 9.17) is 4.98 Å². The molecule has 0 saturated heterocycles. The highest BCUT2D eigenvalue weighted by atomic mass is 16.1. The minimum atomic E-state index is -0.137. The molecule has 4 aromatic rings. The fourth-order valence-corrected chi connectivity index (χ4v) is 5.30. The molecule has 1 aliphatic heterocycles. The van der Waals surface area contributed by atoms with Gasteiger partial charge in [-0.2, -0.15) is 4.98 Å². The second-order valence-corrected chi connectivity index (χ2v) is 12.1. The Morgan fingerprint density at radius 3 is 2.62 bits per heavy atom. The lowest BCUT2D eigenvalue weighted by atomic mass is 9.91. The zero-order valence-corrected chi connectivity index (χ0v) is 24.4. The Morgan fingerprint density at radius 2 is 1.90 bits per heavy atom. The lowest BCUT2D eigenvalue weighted by Gasteiger charge is -2.29. The topological polar surface area (TPSA) is 97.9 Å². The molecule has 40 heavy (non-hydrogen) atoms. The zero-order valence-electron chi connectivity index (χ0n) is 24.4. The Bertz CT molecular complexity index is 1610. The van der Waals surface area contributed by atoms with E-state index < -0.39 is 0 Å². The van der Waals surface area contributed by atoms with Crippen molar-refractivity contribution in [2.45, 2.75) is 78.8 Å². The van der Waals surface area contributed by atoms with Crippen LogP contribution in [0, 0.1) is 0 Å². The highest BCUT2D eigenvalue weighted by Gasteiger charge is 2.22. The van der Waals surface area contributed by atoms with Gasteiger partial charge in [-0.25, -0.2) is 14.3 Å². The molecular formula is C31H39N7O2. The van der Waals surface area contributed by atoms with Crippen molar-refractivity contribution in [2.75, 3.05) is 18.4 Å². The first kappa shape index (κ1) is 27.7. The van der Waals surface area contributed by atoms with Gasteiger partial charge in [-0.3, -0.25) is 14.7 Å². The largest absolute Gasteiger partial charge is 0.324 e. The molecule has 1 aliphatic rings. The summed E-state index contributed by atoms with van der Waals surface area (Å²) in [5, 5.41) is 3.84. The minimum Gasteiger partial charge on any atom is -0.324 e. The highest BCUT2D eigenvalue weighted by molar-refractivity contribution is 5.77. The molecule has 210 valence electrons. The number of ketones is 1. The van der Waals surface area contributed by atoms with Crippen LogP contribution in [0.5, 0.6) is 0 Å². The first-order valence-corrected chi connectivity index (χ1v) is 14.1.